The number of carbonyl (C=O) groups excluding carboxylic acids is 1. The standard InChI is InChI=1S/C12H20N2O2/c1-3-4-13-12(15)9(2)6-14-7-10-5-11(8-14)16-10/h10-11H,2-8H2,1H3,(H,13,15). The zero-order valence-corrected chi connectivity index (χ0v) is 9.87. The number of hydrogen-bond acceptors (Lipinski definition) is 3. The van der Waals surface area contributed by atoms with E-state index in [1.165, 1.54) is 6.42 Å². The highest BCUT2D eigenvalue weighted by Crippen LogP contribution is 2.27. The van der Waals surface area contributed by atoms with Gasteiger partial charge in [-0.2, -0.15) is 0 Å². The highest BCUT2D eigenvalue weighted by atomic mass is 16.5. The van der Waals surface area contributed by atoms with Crippen LogP contribution in [-0.2, 0) is 9.53 Å². The Morgan fingerprint density at radius 2 is 2.12 bits per heavy atom. The third-order valence-corrected chi connectivity index (χ3v) is 3.11. The number of carbonyl (C=O) groups is 1. The van der Waals surface area contributed by atoms with E-state index in [-0.39, 0.29) is 5.91 Å². The lowest BCUT2D eigenvalue weighted by Gasteiger charge is -2.47. The van der Waals surface area contributed by atoms with Crippen molar-refractivity contribution in [3.63, 3.8) is 0 Å². The topological polar surface area (TPSA) is 41.6 Å². The first kappa shape index (κ1) is 11.6. The Morgan fingerprint density at radius 1 is 1.50 bits per heavy atom. The van der Waals surface area contributed by atoms with Crippen molar-refractivity contribution in [1.82, 2.24) is 10.2 Å². The third-order valence-electron chi connectivity index (χ3n) is 3.11. The van der Waals surface area contributed by atoms with Gasteiger partial charge in [0, 0.05) is 38.2 Å². The number of morpholine rings is 1. The number of hydrogen-bond donors (Lipinski definition) is 1. The van der Waals surface area contributed by atoms with Gasteiger partial charge in [-0.1, -0.05) is 13.5 Å². The summed E-state index contributed by atoms with van der Waals surface area (Å²) in [5, 5.41) is 2.85. The van der Waals surface area contributed by atoms with E-state index in [2.05, 4.69) is 16.8 Å². The molecule has 0 aromatic rings. The maximum Gasteiger partial charge on any atom is 0.247 e. The van der Waals surface area contributed by atoms with Crippen LogP contribution in [0.4, 0.5) is 0 Å². The van der Waals surface area contributed by atoms with E-state index < -0.39 is 0 Å². The molecule has 3 aliphatic rings. The highest BCUT2D eigenvalue weighted by molar-refractivity contribution is 5.93. The molecule has 2 bridgehead atoms. The van der Waals surface area contributed by atoms with Crippen molar-refractivity contribution in [1.29, 1.82) is 0 Å². The fourth-order valence-corrected chi connectivity index (χ4v) is 2.27. The SMILES string of the molecule is C=C(CN1CC2CC(C1)O2)C(=O)NCCC. The predicted molar refractivity (Wildman–Crippen MR) is 62.2 cm³/mol. The van der Waals surface area contributed by atoms with Crippen molar-refractivity contribution in [3.05, 3.63) is 12.2 Å². The normalized spacial score (nSPS) is 28.3. The summed E-state index contributed by atoms with van der Waals surface area (Å²) in [6.45, 7) is 9.17. The molecule has 90 valence electrons. The molecule has 0 aromatic heterocycles. The largest absolute Gasteiger partial charge is 0.372 e. The van der Waals surface area contributed by atoms with Crippen LogP contribution in [0.5, 0.6) is 0 Å². The quantitative estimate of drug-likeness (QED) is 0.693. The molecule has 3 fully saturated rings. The molecule has 3 aliphatic heterocycles. The van der Waals surface area contributed by atoms with Gasteiger partial charge in [-0.25, -0.2) is 0 Å². The average Bonchev–Trinajstić information content (AvgIpc) is 2.24. The average molecular weight is 224 g/mol. The van der Waals surface area contributed by atoms with Gasteiger partial charge < -0.3 is 10.1 Å². The second-order valence-corrected chi connectivity index (χ2v) is 4.67. The van der Waals surface area contributed by atoms with Gasteiger partial charge in [0.2, 0.25) is 5.91 Å². The summed E-state index contributed by atoms with van der Waals surface area (Å²) in [4.78, 5) is 13.9. The minimum Gasteiger partial charge on any atom is -0.372 e. The number of fused-ring (bicyclic) bond motifs is 2. The van der Waals surface area contributed by atoms with Crippen LogP contribution < -0.4 is 5.32 Å². The summed E-state index contributed by atoms with van der Waals surface area (Å²) in [6.07, 6.45) is 2.93. The zero-order chi connectivity index (χ0) is 11.5. The second-order valence-electron chi connectivity index (χ2n) is 4.67. The van der Waals surface area contributed by atoms with Crippen LogP contribution in [0.15, 0.2) is 12.2 Å². The van der Waals surface area contributed by atoms with Crippen molar-refractivity contribution in [2.24, 2.45) is 0 Å². The number of amides is 1. The number of ether oxygens (including phenoxy) is 1. The molecule has 3 rings (SSSR count). The van der Waals surface area contributed by atoms with Crippen LogP contribution >= 0.6 is 0 Å². The predicted octanol–water partition coefficient (Wildman–Crippen LogP) is 0.542. The molecule has 16 heavy (non-hydrogen) atoms. The van der Waals surface area contributed by atoms with Crippen molar-refractivity contribution < 1.29 is 9.53 Å². The molecule has 3 heterocycles. The Labute approximate surface area is 96.6 Å². The maximum absolute atomic E-state index is 11.6. The monoisotopic (exact) mass is 224 g/mol. The summed E-state index contributed by atoms with van der Waals surface area (Å²) in [6, 6.07) is 0. The molecule has 3 saturated heterocycles. The van der Waals surface area contributed by atoms with E-state index in [9.17, 15) is 4.79 Å². The molecule has 4 heteroatoms. The van der Waals surface area contributed by atoms with Crippen molar-refractivity contribution in [2.45, 2.75) is 32.0 Å². The zero-order valence-electron chi connectivity index (χ0n) is 9.87. The van der Waals surface area contributed by atoms with E-state index >= 15 is 0 Å². The Kier molecular flexibility index (Phi) is 3.61. The molecule has 1 N–H and O–H groups in total. The van der Waals surface area contributed by atoms with Gasteiger partial charge >= 0.3 is 0 Å². The summed E-state index contributed by atoms with van der Waals surface area (Å²) >= 11 is 0. The first-order valence-electron chi connectivity index (χ1n) is 6.02. The number of nitrogens with one attached hydrogen (secondary N) is 1. The van der Waals surface area contributed by atoms with Crippen LogP contribution in [0, 0.1) is 0 Å². The number of piperidine rings is 1. The van der Waals surface area contributed by atoms with E-state index in [1.807, 2.05) is 6.92 Å². The van der Waals surface area contributed by atoms with Gasteiger partial charge in [0.15, 0.2) is 0 Å². The Hall–Kier alpha value is -0.870. The van der Waals surface area contributed by atoms with Crippen LogP contribution in [0.25, 0.3) is 0 Å². The van der Waals surface area contributed by atoms with Crippen molar-refractivity contribution in [2.75, 3.05) is 26.2 Å². The minimum atomic E-state index is -0.0120. The molecule has 4 nitrogen and oxygen atoms in total. The molecule has 0 radical (unpaired) electrons. The Morgan fingerprint density at radius 3 is 2.69 bits per heavy atom. The van der Waals surface area contributed by atoms with Crippen molar-refractivity contribution >= 4 is 5.91 Å². The molecule has 0 saturated carbocycles. The van der Waals surface area contributed by atoms with Gasteiger partial charge in [0.25, 0.3) is 0 Å². The molecule has 1 amide bonds. The summed E-state index contributed by atoms with van der Waals surface area (Å²) in [5.41, 5.74) is 0.662. The molecule has 0 spiro atoms. The minimum absolute atomic E-state index is 0.0120. The lowest BCUT2D eigenvalue weighted by molar-refractivity contribution is -0.179. The highest BCUT2D eigenvalue weighted by Gasteiger charge is 2.38. The number of rotatable bonds is 5. The fourth-order valence-electron chi connectivity index (χ4n) is 2.27. The lowest BCUT2D eigenvalue weighted by atomic mass is 9.98. The van der Waals surface area contributed by atoms with Gasteiger partial charge in [0.1, 0.15) is 0 Å². The Bertz CT molecular complexity index is 275. The van der Waals surface area contributed by atoms with Crippen LogP contribution in [-0.4, -0.2) is 49.2 Å². The van der Waals surface area contributed by atoms with Crippen LogP contribution in [0.2, 0.25) is 0 Å². The number of nitrogens with zero attached hydrogens (tertiary/aromatic N) is 1. The smallest absolute Gasteiger partial charge is 0.247 e. The first-order valence-corrected chi connectivity index (χ1v) is 6.02. The lowest BCUT2D eigenvalue weighted by Crippen LogP contribution is -2.57. The van der Waals surface area contributed by atoms with Crippen molar-refractivity contribution in [3.8, 4) is 0 Å². The third kappa shape index (κ3) is 2.62. The van der Waals surface area contributed by atoms with E-state index in [4.69, 9.17) is 4.74 Å². The second kappa shape index (κ2) is 4.97. The molecule has 2 unspecified atom stereocenters. The van der Waals surface area contributed by atoms with E-state index in [1.54, 1.807) is 0 Å². The van der Waals surface area contributed by atoms with Gasteiger partial charge in [-0.3, -0.25) is 9.69 Å². The fraction of sp³-hybridized carbons (Fsp3) is 0.750. The van der Waals surface area contributed by atoms with E-state index in [0.717, 1.165) is 26.1 Å². The maximum atomic E-state index is 11.6. The van der Waals surface area contributed by atoms with Gasteiger partial charge in [-0.05, 0) is 6.42 Å². The van der Waals surface area contributed by atoms with Crippen LogP contribution in [0.1, 0.15) is 19.8 Å². The van der Waals surface area contributed by atoms with Gasteiger partial charge in [0.05, 0.1) is 12.2 Å². The molecule has 0 aromatic carbocycles. The summed E-state index contributed by atoms with van der Waals surface area (Å²) in [7, 11) is 0. The molecule has 2 atom stereocenters. The Balaban J connectivity index is 1.72. The van der Waals surface area contributed by atoms with Crippen LogP contribution in [0.3, 0.4) is 0 Å². The first-order chi connectivity index (χ1) is 7.69. The summed E-state index contributed by atoms with van der Waals surface area (Å²) < 4.78 is 5.54. The molecule has 0 aliphatic carbocycles. The van der Waals surface area contributed by atoms with E-state index in [0.29, 0.717) is 24.3 Å². The molecular formula is C12H20N2O2. The summed E-state index contributed by atoms with van der Waals surface area (Å²) in [5.74, 6) is -0.0120. The van der Waals surface area contributed by atoms with Gasteiger partial charge in [-0.15, -0.1) is 0 Å². The molecular weight excluding hydrogens is 204 g/mol.